The smallest absolute Gasteiger partial charge is 0.272 e. The molecule has 0 unspecified atom stereocenters. The molecule has 1 fully saturated rings. The maximum Gasteiger partial charge on any atom is 0.272 e. The molecule has 1 saturated heterocycles. The SMILES string of the molecule is Cc1cc(=O)n2[nH]cc(C(=O)N3CCC([C@@H]4CC(=O)c5cc(F)ccc5O4)CC3)c2n1. The lowest BCUT2D eigenvalue weighted by atomic mass is 9.86. The average molecular weight is 424 g/mol. The molecule has 1 N–H and O–H groups in total. The monoisotopic (exact) mass is 424 g/mol. The maximum atomic E-state index is 13.4. The zero-order chi connectivity index (χ0) is 21.7. The number of nitrogens with zero attached hydrogens (tertiary/aromatic N) is 3. The second-order valence-electron chi connectivity index (χ2n) is 8.14. The van der Waals surface area contributed by atoms with Crippen molar-refractivity contribution < 1.29 is 18.7 Å². The van der Waals surface area contributed by atoms with Gasteiger partial charge in [-0.1, -0.05) is 0 Å². The summed E-state index contributed by atoms with van der Waals surface area (Å²) in [6, 6.07) is 5.41. The largest absolute Gasteiger partial charge is 0.489 e. The number of carbonyl (C=O) groups is 2. The fraction of sp³-hybridized carbons (Fsp3) is 0.364. The van der Waals surface area contributed by atoms with E-state index < -0.39 is 5.82 Å². The Morgan fingerprint density at radius 1 is 1.23 bits per heavy atom. The third-order valence-electron chi connectivity index (χ3n) is 6.12. The molecule has 1 amide bonds. The predicted octanol–water partition coefficient (Wildman–Crippen LogP) is 2.36. The lowest BCUT2D eigenvalue weighted by Gasteiger charge is -2.37. The van der Waals surface area contributed by atoms with Gasteiger partial charge in [-0.25, -0.2) is 13.9 Å². The molecule has 0 saturated carbocycles. The fourth-order valence-electron chi connectivity index (χ4n) is 4.48. The van der Waals surface area contributed by atoms with E-state index in [0.717, 1.165) is 0 Å². The van der Waals surface area contributed by atoms with Crippen LogP contribution in [-0.4, -0.2) is 50.4 Å². The minimum Gasteiger partial charge on any atom is -0.489 e. The van der Waals surface area contributed by atoms with Crippen molar-refractivity contribution in [2.75, 3.05) is 13.1 Å². The molecule has 2 aromatic heterocycles. The molecule has 9 heteroatoms. The molecule has 1 atom stereocenters. The number of fused-ring (bicyclic) bond motifs is 2. The van der Waals surface area contributed by atoms with Crippen LogP contribution >= 0.6 is 0 Å². The van der Waals surface area contributed by atoms with Crippen molar-refractivity contribution in [3.63, 3.8) is 0 Å². The fourth-order valence-corrected chi connectivity index (χ4v) is 4.48. The van der Waals surface area contributed by atoms with Crippen LogP contribution < -0.4 is 10.3 Å². The van der Waals surface area contributed by atoms with Gasteiger partial charge in [0.15, 0.2) is 11.4 Å². The first-order chi connectivity index (χ1) is 14.9. The highest BCUT2D eigenvalue weighted by atomic mass is 19.1. The second kappa shape index (κ2) is 7.33. The zero-order valence-electron chi connectivity index (χ0n) is 16.9. The lowest BCUT2D eigenvalue weighted by molar-refractivity contribution is 0.0452. The van der Waals surface area contributed by atoms with Crippen LogP contribution in [0.2, 0.25) is 0 Å². The number of halogens is 1. The topological polar surface area (TPSA) is 96.8 Å². The Bertz CT molecular complexity index is 1260. The summed E-state index contributed by atoms with van der Waals surface area (Å²) >= 11 is 0. The molecule has 0 spiro atoms. The van der Waals surface area contributed by atoms with Crippen LogP contribution in [-0.2, 0) is 0 Å². The zero-order valence-corrected chi connectivity index (χ0v) is 16.9. The maximum absolute atomic E-state index is 13.4. The standard InChI is InChI=1S/C22H21FN4O4/c1-12-8-20(29)27-21(25-12)16(11-24-27)22(30)26-6-4-13(5-7-26)19-10-17(28)15-9-14(23)2-3-18(15)31-19/h2-3,8-9,11,13,19,24H,4-7,10H2,1H3/t19-/m0/s1. The van der Waals surface area contributed by atoms with Gasteiger partial charge in [0.2, 0.25) is 0 Å². The third-order valence-corrected chi connectivity index (χ3v) is 6.12. The minimum absolute atomic E-state index is 0.116. The van der Waals surface area contributed by atoms with Crippen molar-refractivity contribution in [3.8, 4) is 5.75 Å². The summed E-state index contributed by atoms with van der Waals surface area (Å²) < 4.78 is 20.7. The number of hydrogen-bond donors (Lipinski definition) is 1. The van der Waals surface area contributed by atoms with Gasteiger partial charge in [0.1, 0.15) is 23.2 Å². The third kappa shape index (κ3) is 3.39. The van der Waals surface area contributed by atoms with Crippen LogP contribution in [0, 0.1) is 18.7 Å². The van der Waals surface area contributed by atoms with Crippen LogP contribution in [0.3, 0.4) is 0 Å². The molecule has 1 aromatic carbocycles. The number of aryl methyl sites for hydroxylation is 1. The van der Waals surface area contributed by atoms with E-state index >= 15 is 0 Å². The highest BCUT2D eigenvalue weighted by molar-refractivity contribution is 6.00. The van der Waals surface area contributed by atoms with Crippen molar-refractivity contribution >= 4 is 17.3 Å². The van der Waals surface area contributed by atoms with Crippen LogP contribution in [0.1, 0.15) is 45.7 Å². The van der Waals surface area contributed by atoms with Crippen molar-refractivity contribution in [1.82, 2.24) is 19.5 Å². The number of benzene rings is 1. The van der Waals surface area contributed by atoms with E-state index in [-0.39, 0.29) is 35.7 Å². The number of piperidine rings is 1. The van der Waals surface area contributed by atoms with Crippen molar-refractivity contribution in [1.29, 1.82) is 0 Å². The van der Waals surface area contributed by atoms with E-state index in [9.17, 15) is 18.8 Å². The van der Waals surface area contributed by atoms with Crippen molar-refractivity contribution in [2.24, 2.45) is 5.92 Å². The Morgan fingerprint density at radius 2 is 2.00 bits per heavy atom. The van der Waals surface area contributed by atoms with Gasteiger partial charge in [-0.3, -0.25) is 19.5 Å². The number of aromatic nitrogens is 3. The van der Waals surface area contributed by atoms with Gasteiger partial charge in [-0.05, 0) is 43.9 Å². The van der Waals surface area contributed by atoms with E-state index in [1.807, 2.05) is 0 Å². The first-order valence-electron chi connectivity index (χ1n) is 10.3. The Morgan fingerprint density at radius 3 is 2.77 bits per heavy atom. The lowest BCUT2D eigenvalue weighted by Crippen LogP contribution is -2.44. The van der Waals surface area contributed by atoms with Gasteiger partial charge in [0, 0.05) is 37.5 Å². The number of aromatic amines is 1. The number of likely N-dealkylation sites (tertiary alicyclic amines) is 1. The number of ether oxygens (including phenoxy) is 1. The first-order valence-corrected chi connectivity index (χ1v) is 10.3. The van der Waals surface area contributed by atoms with Gasteiger partial charge < -0.3 is 9.64 Å². The summed E-state index contributed by atoms with van der Waals surface area (Å²) in [6.45, 7) is 2.74. The molecule has 0 aliphatic carbocycles. The van der Waals surface area contributed by atoms with Gasteiger partial charge in [0.25, 0.3) is 11.5 Å². The number of amides is 1. The quantitative estimate of drug-likeness (QED) is 0.681. The molecule has 8 nitrogen and oxygen atoms in total. The summed E-state index contributed by atoms with van der Waals surface area (Å²) in [5, 5.41) is 2.79. The predicted molar refractivity (Wildman–Crippen MR) is 109 cm³/mol. The van der Waals surface area contributed by atoms with Crippen LogP contribution in [0.5, 0.6) is 5.75 Å². The molecule has 2 aliphatic heterocycles. The molecule has 5 rings (SSSR count). The number of ketones is 1. The normalized spacial score (nSPS) is 19.4. The Balaban J connectivity index is 1.29. The molecule has 0 radical (unpaired) electrons. The number of H-pyrrole nitrogens is 1. The highest BCUT2D eigenvalue weighted by Crippen LogP contribution is 2.34. The van der Waals surface area contributed by atoms with Gasteiger partial charge in [0.05, 0.1) is 5.56 Å². The molecule has 0 bridgehead atoms. The highest BCUT2D eigenvalue weighted by Gasteiger charge is 2.36. The molecular weight excluding hydrogens is 403 g/mol. The van der Waals surface area contributed by atoms with Crippen LogP contribution in [0.15, 0.2) is 35.3 Å². The molecular formula is C22H21FN4O4. The van der Waals surface area contributed by atoms with Crippen molar-refractivity contribution in [2.45, 2.75) is 32.3 Å². The Kier molecular flexibility index (Phi) is 4.60. The van der Waals surface area contributed by atoms with Gasteiger partial charge in [-0.15, -0.1) is 0 Å². The first kappa shape index (κ1) is 19.5. The molecule has 4 heterocycles. The summed E-state index contributed by atoms with van der Waals surface area (Å²) in [4.78, 5) is 43.6. The Labute approximate surface area is 176 Å². The number of nitrogens with one attached hydrogen (secondary N) is 1. The van der Waals surface area contributed by atoms with E-state index in [1.165, 1.54) is 35.0 Å². The Hall–Kier alpha value is -3.49. The van der Waals surface area contributed by atoms with Crippen LogP contribution in [0.25, 0.3) is 5.65 Å². The molecule has 3 aromatic rings. The van der Waals surface area contributed by atoms with Gasteiger partial charge >= 0.3 is 0 Å². The number of carbonyl (C=O) groups excluding carboxylic acids is 2. The van der Waals surface area contributed by atoms with Crippen LogP contribution in [0.4, 0.5) is 4.39 Å². The summed E-state index contributed by atoms with van der Waals surface area (Å²) in [7, 11) is 0. The minimum atomic E-state index is -0.454. The second-order valence-corrected chi connectivity index (χ2v) is 8.14. The van der Waals surface area contributed by atoms with E-state index in [4.69, 9.17) is 4.74 Å². The molecule has 2 aliphatic rings. The van der Waals surface area contributed by atoms with E-state index in [0.29, 0.717) is 54.1 Å². The summed E-state index contributed by atoms with van der Waals surface area (Å²) in [6.07, 6.45) is 2.82. The molecule has 160 valence electrons. The number of hydrogen-bond acceptors (Lipinski definition) is 5. The number of rotatable bonds is 2. The van der Waals surface area contributed by atoms with Gasteiger partial charge in [-0.2, -0.15) is 0 Å². The van der Waals surface area contributed by atoms with E-state index in [2.05, 4.69) is 10.1 Å². The molecule has 31 heavy (non-hydrogen) atoms. The number of Topliss-reactive ketones (excluding diaryl/α,β-unsaturated/α-hetero) is 1. The summed E-state index contributed by atoms with van der Waals surface area (Å²) in [5.74, 6) is -0.208. The van der Waals surface area contributed by atoms with E-state index in [1.54, 1.807) is 11.8 Å². The van der Waals surface area contributed by atoms with Crippen molar-refractivity contribution in [3.05, 3.63) is 63.5 Å². The average Bonchev–Trinajstić information content (AvgIpc) is 3.18. The summed E-state index contributed by atoms with van der Waals surface area (Å²) in [5.41, 5.74) is 1.26.